The number of dihydropyridines is 1. The molecule has 0 saturated carbocycles. The largest absolute Gasteiger partial charge is 0.375 e. The van der Waals surface area contributed by atoms with Crippen LogP contribution < -0.4 is 5.32 Å². The quantitative estimate of drug-likeness (QED) is 0.243. The van der Waals surface area contributed by atoms with Crippen molar-refractivity contribution in [3.05, 3.63) is 71.1 Å². The van der Waals surface area contributed by atoms with E-state index in [9.17, 15) is 13.2 Å². The number of pyridine rings is 2. The van der Waals surface area contributed by atoms with Crippen LogP contribution in [0.3, 0.4) is 0 Å². The van der Waals surface area contributed by atoms with Crippen molar-refractivity contribution in [3.63, 3.8) is 0 Å². The molecule has 0 fully saturated rings. The predicted octanol–water partition coefficient (Wildman–Crippen LogP) is 8.18. The molecule has 0 aliphatic carbocycles. The molecule has 0 spiro atoms. The van der Waals surface area contributed by atoms with E-state index in [4.69, 9.17) is 14.7 Å². The Kier molecular flexibility index (Phi) is 9.04. The van der Waals surface area contributed by atoms with E-state index in [1.165, 1.54) is 12.1 Å². The summed E-state index contributed by atoms with van der Waals surface area (Å²) in [6, 6.07) is 11.6. The van der Waals surface area contributed by atoms with Gasteiger partial charge in [-0.3, -0.25) is 4.99 Å². The molecule has 1 aliphatic heterocycles. The summed E-state index contributed by atoms with van der Waals surface area (Å²) in [4.78, 5) is 14.1. The Morgan fingerprint density at radius 1 is 1.00 bits per heavy atom. The Morgan fingerprint density at radius 3 is 2.33 bits per heavy atom. The molecule has 2 unspecified atom stereocenters. The molecule has 5 nitrogen and oxygen atoms in total. The van der Waals surface area contributed by atoms with E-state index in [0.717, 1.165) is 12.3 Å². The van der Waals surface area contributed by atoms with Crippen LogP contribution in [0.2, 0.25) is 0 Å². The molecule has 214 valence electrons. The number of allylic oxidation sites excluding steroid dienone is 1. The van der Waals surface area contributed by atoms with Crippen molar-refractivity contribution in [1.29, 1.82) is 0 Å². The van der Waals surface area contributed by atoms with E-state index in [1.807, 2.05) is 18.2 Å². The van der Waals surface area contributed by atoms with E-state index >= 15 is 0 Å². The molecule has 1 aliphatic rings. The molecular weight excluding hydrogens is 551 g/mol. The van der Waals surface area contributed by atoms with Gasteiger partial charge >= 0.3 is 0 Å². The van der Waals surface area contributed by atoms with Gasteiger partial charge in [0.1, 0.15) is 0 Å². The Balaban J connectivity index is 1.72. The van der Waals surface area contributed by atoms with Crippen molar-refractivity contribution in [2.24, 2.45) is 16.3 Å². The standard InChI is InChI=1S/C30H37F3N4OP2/c1-18(2)28(3,4)17-38-16-21-15-25(35-20-10-8-19(9-11-20)29(5,31)32)22-12-13-24(37-27(22)36-21)26-23(30(33,39)40)7-6-14-34-26/h7-13,15,18H,6,14,16-17,39-40H2,1-5H3,(H,35,36,37). The van der Waals surface area contributed by atoms with Gasteiger partial charge in [-0.05, 0) is 48.1 Å². The number of nitrogens with zero attached hydrogens (tertiary/aromatic N) is 3. The second-order valence-corrected chi connectivity index (χ2v) is 13.7. The van der Waals surface area contributed by atoms with Gasteiger partial charge in [-0.2, -0.15) is 0 Å². The topological polar surface area (TPSA) is 59.4 Å². The van der Waals surface area contributed by atoms with E-state index in [-0.39, 0.29) is 17.6 Å². The van der Waals surface area contributed by atoms with Crippen LogP contribution in [0.5, 0.6) is 0 Å². The Morgan fingerprint density at radius 2 is 1.70 bits per heavy atom. The van der Waals surface area contributed by atoms with Crippen LogP contribution in [0.25, 0.3) is 11.0 Å². The number of nitrogens with one attached hydrogen (secondary N) is 1. The number of fused-ring (bicyclic) bond motifs is 1. The van der Waals surface area contributed by atoms with Crippen molar-refractivity contribution in [2.45, 2.75) is 58.7 Å². The number of hydrogen-bond donors (Lipinski definition) is 1. The van der Waals surface area contributed by atoms with Crippen LogP contribution in [0, 0.1) is 11.3 Å². The van der Waals surface area contributed by atoms with Gasteiger partial charge in [0, 0.05) is 35.7 Å². The van der Waals surface area contributed by atoms with Gasteiger partial charge in [-0.25, -0.2) is 23.1 Å². The average molecular weight is 589 g/mol. The maximum absolute atomic E-state index is 14.9. The van der Waals surface area contributed by atoms with E-state index < -0.39 is 11.1 Å². The zero-order chi connectivity index (χ0) is 29.3. The highest BCUT2D eigenvalue weighted by Crippen LogP contribution is 2.40. The smallest absolute Gasteiger partial charge is 0.270 e. The summed E-state index contributed by atoms with van der Waals surface area (Å²) >= 11 is 0. The summed E-state index contributed by atoms with van der Waals surface area (Å²) in [7, 11) is 4.40. The second kappa shape index (κ2) is 11.8. The van der Waals surface area contributed by atoms with Gasteiger partial charge in [0.15, 0.2) is 10.8 Å². The lowest BCUT2D eigenvalue weighted by molar-refractivity contribution is 0.0175. The van der Waals surface area contributed by atoms with Gasteiger partial charge in [0.25, 0.3) is 5.92 Å². The summed E-state index contributed by atoms with van der Waals surface area (Å²) in [5.74, 6) is -2.48. The first-order chi connectivity index (χ1) is 18.6. The van der Waals surface area contributed by atoms with Gasteiger partial charge in [-0.15, -0.1) is 0 Å². The Hall–Kier alpha value is -2.40. The SMILES string of the molecule is CC(C)C(C)(C)COCc1cc(Nc2ccc(C(C)(F)F)cc2)c2ccc(C3=NCCC=C3C(F)(P)P)nc2n1. The Bertz CT molecular complexity index is 1430. The number of hydrogen-bond acceptors (Lipinski definition) is 5. The molecule has 0 bridgehead atoms. The van der Waals surface area contributed by atoms with E-state index in [0.29, 0.717) is 65.2 Å². The third-order valence-corrected chi connectivity index (χ3v) is 7.96. The van der Waals surface area contributed by atoms with E-state index in [1.54, 1.807) is 18.2 Å². The zero-order valence-corrected chi connectivity index (χ0v) is 25.9. The molecule has 1 N–H and O–H groups in total. The number of rotatable bonds is 10. The fourth-order valence-corrected chi connectivity index (χ4v) is 4.69. The number of anilines is 2. The molecule has 3 heterocycles. The zero-order valence-electron chi connectivity index (χ0n) is 23.6. The van der Waals surface area contributed by atoms with Crippen molar-refractivity contribution in [1.82, 2.24) is 9.97 Å². The van der Waals surface area contributed by atoms with E-state index in [2.05, 4.69) is 56.5 Å². The third-order valence-electron chi connectivity index (χ3n) is 7.34. The first kappa shape index (κ1) is 30.6. The molecule has 0 saturated heterocycles. The summed E-state index contributed by atoms with van der Waals surface area (Å²) in [5.41, 5.74) is 3.86. The molecule has 10 heteroatoms. The molecule has 2 atom stereocenters. The molecule has 3 aromatic rings. The minimum Gasteiger partial charge on any atom is -0.375 e. The number of benzene rings is 1. The number of aromatic nitrogens is 2. The minimum atomic E-state index is -2.92. The van der Waals surface area contributed by atoms with Crippen LogP contribution in [0.1, 0.15) is 58.0 Å². The molecule has 1 aromatic carbocycles. The van der Waals surface area contributed by atoms with Crippen LogP contribution in [0.4, 0.5) is 24.5 Å². The highest BCUT2D eigenvalue weighted by Gasteiger charge is 2.30. The molecule has 4 rings (SSSR count). The maximum atomic E-state index is 14.9. The molecule has 2 aromatic heterocycles. The highest BCUT2D eigenvalue weighted by atomic mass is 31.1. The van der Waals surface area contributed by atoms with Gasteiger partial charge in [-0.1, -0.05) is 64.4 Å². The van der Waals surface area contributed by atoms with Crippen LogP contribution in [0.15, 0.2) is 59.1 Å². The Labute approximate surface area is 238 Å². The third kappa shape index (κ3) is 7.26. The first-order valence-corrected chi connectivity index (χ1v) is 14.5. The monoisotopic (exact) mass is 588 g/mol. The normalized spacial score (nSPS) is 14.9. The minimum absolute atomic E-state index is 0.0104. The van der Waals surface area contributed by atoms with Crippen molar-refractivity contribution in [2.75, 3.05) is 18.5 Å². The maximum Gasteiger partial charge on any atom is 0.270 e. The summed E-state index contributed by atoms with van der Waals surface area (Å²) in [6.45, 7) is 10.9. The fourth-order valence-electron chi connectivity index (χ4n) is 4.18. The number of halogens is 3. The lowest BCUT2D eigenvalue weighted by Crippen LogP contribution is -2.25. The highest BCUT2D eigenvalue weighted by molar-refractivity contribution is 7.40. The summed E-state index contributed by atoms with van der Waals surface area (Å²) in [6.07, 6.45) is 2.50. The number of alkyl halides is 3. The first-order valence-electron chi connectivity index (χ1n) is 13.3. The predicted molar refractivity (Wildman–Crippen MR) is 164 cm³/mol. The summed E-state index contributed by atoms with van der Waals surface area (Å²) in [5, 5.41) is 2.34. The molecule has 40 heavy (non-hydrogen) atoms. The van der Waals surface area contributed by atoms with Crippen LogP contribution >= 0.6 is 18.5 Å². The van der Waals surface area contributed by atoms with Crippen LogP contribution in [-0.4, -0.2) is 34.0 Å². The van der Waals surface area contributed by atoms with Crippen molar-refractivity contribution >= 4 is 46.6 Å². The lowest BCUT2D eigenvalue weighted by Gasteiger charge is -2.28. The van der Waals surface area contributed by atoms with Crippen molar-refractivity contribution in [3.8, 4) is 0 Å². The molecule has 0 radical (unpaired) electrons. The summed E-state index contributed by atoms with van der Waals surface area (Å²) < 4.78 is 48.5. The molecule has 0 amide bonds. The van der Waals surface area contributed by atoms with Gasteiger partial charge < -0.3 is 10.1 Å². The fraction of sp³-hybridized carbons (Fsp3) is 0.433. The second-order valence-electron chi connectivity index (χ2n) is 11.4. The van der Waals surface area contributed by atoms with Gasteiger partial charge in [0.2, 0.25) is 0 Å². The number of ether oxygens (including phenoxy) is 1. The lowest BCUT2D eigenvalue weighted by atomic mass is 9.82. The molecular formula is C30H37F3N4OP2. The van der Waals surface area contributed by atoms with Crippen LogP contribution in [-0.2, 0) is 17.3 Å². The average Bonchev–Trinajstić information content (AvgIpc) is 2.87. The number of aliphatic imine (C=N–C) groups is 1. The van der Waals surface area contributed by atoms with Gasteiger partial charge in [0.05, 0.1) is 36.0 Å². The van der Waals surface area contributed by atoms with Crippen molar-refractivity contribution < 1.29 is 17.9 Å².